The summed E-state index contributed by atoms with van der Waals surface area (Å²) in [5, 5.41) is 6.47. The van der Waals surface area contributed by atoms with E-state index in [1.165, 1.54) is 7.11 Å². The van der Waals surface area contributed by atoms with Crippen molar-refractivity contribution in [2.24, 2.45) is 0 Å². The molecule has 90 valence electrons. The molecule has 15 heavy (non-hydrogen) atoms. The highest BCUT2D eigenvalue weighted by atomic mass is 32.2. The highest BCUT2D eigenvalue weighted by Gasteiger charge is 2.43. The average molecular weight is 239 g/mol. The Kier molecular flexibility index (Phi) is 5.19. The molecule has 0 heterocycles. The van der Waals surface area contributed by atoms with Crippen LogP contribution in [0.2, 0.25) is 0 Å². The molecule has 0 aliphatic heterocycles. The van der Waals surface area contributed by atoms with Crippen LogP contribution in [-0.2, 0) is 19.8 Å². The molecule has 7 heteroatoms. The minimum atomic E-state index is -3.80. The SMILES string of the molecule is CC[N+](CC)(CC)S(=O)(=O)C(=N)OOC. The maximum absolute atomic E-state index is 12.0. The molecule has 0 aromatic carbocycles. The van der Waals surface area contributed by atoms with Crippen molar-refractivity contribution in [2.75, 3.05) is 26.7 Å². The second-order valence-corrected chi connectivity index (χ2v) is 5.11. The molecule has 0 amide bonds. The summed E-state index contributed by atoms with van der Waals surface area (Å²) < 4.78 is 23.8. The van der Waals surface area contributed by atoms with Crippen LogP contribution >= 0.6 is 0 Å². The third kappa shape index (κ3) is 2.47. The second-order valence-electron chi connectivity index (χ2n) is 3.02. The van der Waals surface area contributed by atoms with Gasteiger partial charge in [0.15, 0.2) is 0 Å². The Morgan fingerprint density at radius 2 is 1.60 bits per heavy atom. The minimum Gasteiger partial charge on any atom is -0.299 e. The molecular formula is C8H19N2O4S+. The van der Waals surface area contributed by atoms with E-state index in [9.17, 15) is 8.42 Å². The molecule has 0 aromatic heterocycles. The Hall–Kier alpha value is -0.660. The van der Waals surface area contributed by atoms with E-state index in [0.29, 0.717) is 19.6 Å². The highest BCUT2D eigenvalue weighted by Crippen LogP contribution is 2.16. The summed E-state index contributed by atoms with van der Waals surface area (Å²) in [7, 11) is -2.63. The first-order chi connectivity index (χ1) is 6.91. The molecule has 0 aliphatic carbocycles. The van der Waals surface area contributed by atoms with Gasteiger partial charge in [0.25, 0.3) is 0 Å². The molecule has 0 radical (unpaired) electrons. The maximum Gasteiger partial charge on any atom is 0.395 e. The van der Waals surface area contributed by atoms with E-state index in [2.05, 4.69) is 9.78 Å². The molecule has 0 spiro atoms. The molecule has 0 rings (SSSR count). The van der Waals surface area contributed by atoms with Gasteiger partial charge >= 0.3 is 15.3 Å². The van der Waals surface area contributed by atoms with Crippen LogP contribution in [0.5, 0.6) is 0 Å². The lowest BCUT2D eigenvalue weighted by Crippen LogP contribution is -2.55. The number of sulfonamides is 1. The van der Waals surface area contributed by atoms with Crippen molar-refractivity contribution < 1.29 is 22.1 Å². The molecule has 0 unspecified atom stereocenters. The predicted octanol–water partition coefficient (Wildman–Crippen LogP) is 0.705. The largest absolute Gasteiger partial charge is 0.395 e. The van der Waals surface area contributed by atoms with Gasteiger partial charge in [0.2, 0.25) is 0 Å². The normalized spacial score (nSPS) is 12.5. The zero-order valence-electron chi connectivity index (χ0n) is 9.61. The summed E-state index contributed by atoms with van der Waals surface area (Å²) in [4.78, 5) is 8.50. The summed E-state index contributed by atoms with van der Waals surface area (Å²) in [6.45, 7) is 6.49. The van der Waals surface area contributed by atoms with Gasteiger partial charge in [0.1, 0.15) is 0 Å². The van der Waals surface area contributed by atoms with Crippen LogP contribution in [0.25, 0.3) is 0 Å². The van der Waals surface area contributed by atoms with Crippen molar-refractivity contribution in [3.05, 3.63) is 0 Å². The Balaban J connectivity index is 5.22. The van der Waals surface area contributed by atoms with Crippen LogP contribution in [0.4, 0.5) is 0 Å². The molecule has 0 fully saturated rings. The van der Waals surface area contributed by atoms with E-state index >= 15 is 0 Å². The van der Waals surface area contributed by atoms with Gasteiger partial charge < -0.3 is 0 Å². The topological polar surface area (TPSA) is 76.5 Å². The molecule has 1 N–H and O–H groups in total. The lowest BCUT2D eigenvalue weighted by Gasteiger charge is -2.32. The van der Waals surface area contributed by atoms with E-state index in [1.807, 2.05) is 0 Å². The maximum atomic E-state index is 12.0. The molecular weight excluding hydrogens is 220 g/mol. The molecule has 0 aliphatic rings. The standard InChI is InChI=1S/C8H19N2O4S/c1-5-10(6-2,7-3)15(11,12)8(9)14-13-4/h9H,5-7H2,1-4H3/q+1. The van der Waals surface area contributed by atoms with Gasteiger partial charge in [0.05, 0.1) is 26.7 Å². The average Bonchev–Trinajstić information content (AvgIpc) is 2.21. The van der Waals surface area contributed by atoms with Crippen molar-refractivity contribution in [3.8, 4) is 0 Å². The summed E-state index contributed by atoms with van der Waals surface area (Å²) >= 11 is 0. The van der Waals surface area contributed by atoms with Crippen LogP contribution in [0.15, 0.2) is 0 Å². The lowest BCUT2D eigenvalue weighted by atomic mass is 10.5. The second kappa shape index (κ2) is 5.43. The van der Waals surface area contributed by atoms with Crippen LogP contribution in [-0.4, -0.2) is 44.3 Å². The quantitative estimate of drug-likeness (QED) is 0.252. The van der Waals surface area contributed by atoms with Crippen LogP contribution < -0.4 is 0 Å². The first kappa shape index (κ1) is 14.3. The molecule has 0 bridgehead atoms. The number of hydrogen-bond acceptors (Lipinski definition) is 5. The first-order valence-corrected chi connectivity index (χ1v) is 6.26. The predicted molar refractivity (Wildman–Crippen MR) is 56.6 cm³/mol. The number of rotatable bonds is 5. The van der Waals surface area contributed by atoms with Gasteiger partial charge in [-0.15, -0.1) is 0 Å². The van der Waals surface area contributed by atoms with Crippen LogP contribution in [0.3, 0.4) is 0 Å². The molecule has 0 saturated carbocycles. The molecule has 0 atom stereocenters. The smallest absolute Gasteiger partial charge is 0.299 e. The van der Waals surface area contributed by atoms with E-state index in [4.69, 9.17) is 5.41 Å². The summed E-state index contributed by atoms with van der Waals surface area (Å²) in [5.41, 5.74) is 0. The third-order valence-electron chi connectivity index (χ3n) is 2.63. The molecule has 0 saturated heterocycles. The number of nitrogens with one attached hydrogen (secondary N) is 1. The van der Waals surface area contributed by atoms with Gasteiger partial charge in [-0.2, -0.15) is 13.3 Å². The van der Waals surface area contributed by atoms with Crippen molar-refractivity contribution in [1.82, 2.24) is 0 Å². The summed E-state index contributed by atoms with van der Waals surface area (Å²) in [5.74, 6) is 0. The summed E-state index contributed by atoms with van der Waals surface area (Å²) in [6, 6.07) is 0. The van der Waals surface area contributed by atoms with Gasteiger partial charge in [-0.25, -0.2) is 9.30 Å². The fourth-order valence-corrected chi connectivity index (χ4v) is 3.00. The number of quaternary nitrogens is 1. The van der Waals surface area contributed by atoms with Gasteiger partial charge in [0, 0.05) is 0 Å². The van der Waals surface area contributed by atoms with E-state index in [0.717, 1.165) is 0 Å². The zero-order valence-corrected chi connectivity index (χ0v) is 10.4. The van der Waals surface area contributed by atoms with Gasteiger partial charge in [-0.3, -0.25) is 4.89 Å². The third-order valence-corrected chi connectivity index (χ3v) is 4.96. The molecule has 6 nitrogen and oxygen atoms in total. The van der Waals surface area contributed by atoms with Crippen LogP contribution in [0.1, 0.15) is 20.8 Å². The zero-order chi connectivity index (χ0) is 12.1. The Morgan fingerprint density at radius 1 is 1.20 bits per heavy atom. The Labute approximate surface area is 90.9 Å². The highest BCUT2D eigenvalue weighted by molar-refractivity contribution is 8.01. The monoisotopic (exact) mass is 239 g/mol. The van der Waals surface area contributed by atoms with Crippen molar-refractivity contribution in [2.45, 2.75) is 20.8 Å². The van der Waals surface area contributed by atoms with Crippen LogP contribution in [0, 0.1) is 5.41 Å². The minimum absolute atomic E-state index is 0.199. The number of hydrogen-bond donors (Lipinski definition) is 1. The van der Waals surface area contributed by atoms with E-state index < -0.39 is 15.3 Å². The first-order valence-electron chi connectivity index (χ1n) is 4.82. The van der Waals surface area contributed by atoms with E-state index in [-0.39, 0.29) is 3.89 Å². The Bertz CT molecular complexity index is 300. The Morgan fingerprint density at radius 3 is 1.87 bits per heavy atom. The fraction of sp³-hybridized carbons (Fsp3) is 0.875. The molecule has 0 aromatic rings. The van der Waals surface area contributed by atoms with Crippen molar-refractivity contribution in [3.63, 3.8) is 0 Å². The van der Waals surface area contributed by atoms with Crippen molar-refractivity contribution >= 4 is 15.3 Å². The number of nitrogens with zero attached hydrogens (tertiary/aromatic N) is 1. The van der Waals surface area contributed by atoms with Gasteiger partial charge in [-0.1, -0.05) is 0 Å². The van der Waals surface area contributed by atoms with E-state index in [1.54, 1.807) is 20.8 Å². The summed E-state index contributed by atoms with van der Waals surface area (Å²) in [6.07, 6.45) is 0. The van der Waals surface area contributed by atoms with Gasteiger partial charge in [-0.05, 0) is 20.8 Å². The lowest BCUT2D eigenvalue weighted by molar-refractivity contribution is -0.799. The van der Waals surface area contributed by atoms with Crippen molar-refractivity contribution in [1.29, 1.82) is 5.41 Å². The fourth-order valence-electron chi connectivity index (χ4n) is 1.48.